The molecule has 1 aliphatic heterocycles. The maximum Gasteiger partial charge on any atom is 0.243 e. The molecule has 1 aliphatic rings. The monoisotopic (exact) mass is 1040 g/mol. The molecule has 1 saturated heterocycles. The molecule has 9 atom stereocenters. The van der Waals surface area contributed by atoms with Gasteiger partial charge in [-0.3, -0.25) is 43.2 Å². The van der Waals surface area contributed by atoms with E-state index in [0.717, 1.165) is 32.1 Å². The standard InChI is InChI=1S/C51H89N13O10/c1-6-7-8-9-13-16-34(65)30-43(66)57-35(17-22-52)45(68)61-39-21-26-56-44(67)40(27-31(2)3)62-47(70)37(19-24-54)58-46(69)36(18-23-53)60-50(73)41(28-32(4)5)63-51(74)42(29-33-14-11-10-12-15-33)64-48(71)38(20-25-55)59-49(39)72/h10-12,14-15,31-32,34-42,65H,6-9,13,16-30,52-55H2,1-5H3,(H,56,67)(H,57,66)(H,58,69)(H,59,72)(H,60,73)(H,61,68)(H,62,70)(H,63,74)(H,64,71). The first-order chi connectivity index (χ1) is 35.3. The van der Waals surface area contributed by atoms with E-state index in [0.29, 0.717) is 12.0 Å². The second-order valence-electron chi connectivity index (χ2n) is 19.9. The van der Waals surface area contributed by atoms with Crippen LogP contribution in [-0.4, -0.2) is 145 Å². The Kier molecular flexibility index (Phi) is 30.8. The average Bonchev–Trinajstić information content (AvgIpc) is 3.34. The predicted octanol–water partition coefficient (Wildman–Crippen LogP) is -1.77. The third kappa shape index (κ3) is 24.5. The van der Waals surface area contributed by atoms with Gasteiger partial charge in [0.2, 0.25) is 53.2 Å². The second kappa shape index (κ2) is 35.4. The van der Waals surface area contributed by atoms with Crippen molar-refractivity contribution in [2.45, 2.75) is 185 Å². The van der Waals surface area contributed by atoms with Crippen molar-refractivity contribution in [1.82, 2.24) is 47.9 Å². The maximum absolute atomic E-state index is 14.4. The van der Waals surface area contributed by atoms with Crippen molar-refractivity contribution in [3.63, 3.8) is 0 Å². The minimum absolute atomic E-state index is 0.0440. The van der Waals surface area contributed by atoms with Gasteiger partial charge in [0.1, 0.15) is 48.3 Å². The first-order valence-corrected chi connectivity index (χ1v) is 26.5. The highest BCUT2D eigenvalue weighted by Crippen LogP contribution is 2.13. The van der Waals surface area contributed by atoms with Crippen LogP contribution in [0.1, 0.15) is 130 Å². The fourth-order valence-electron chi connectivity index (χ4n) is 8.40. The van der Waals surface area contributed by atoms with E-state index in [-0.39, 0.29) is 102 Å². The van der Waals surface area contributed by atoms with E-state index in [1.807, 2.05) is 27.7 Å². The highest BCUT2D eigenvalue weighted by molar-refractivity contribution is 5.98. The zero-order valence-electron chi connectivity index (χ0n) is 44.3. The molecule has 418 valence electrons. The van der Waals surface area contributed by atoms with Crippen LogP contribution in [0.2, 0.25) is 0 Å². The number of nitrogens with two attached hydrogens (primary N) is 4. The molecule has 1 aromatic carbocycles. The normalized spacial score (nSPS) is 23.0. The Morgan fingerprint density at radius 2 is 1.05 bits per heavy atom. The predicted molar refractivity (Wildman–Crippen MR) is 281 cm³/mol. The van der Waals surface area contributed by atoms with Crippen molar-refractivity contribution in [3.8, 4) is 0 Å². The number of nitrogens with one attached hydrogen (secondary N) is 9. The molecule has 2 rings (SSSR count). The van der Waals surface area contributed by atoms with E-state index in [9.17, 15) is 48.3 Å². The molecule has 0 spiro atoms. The zero-order chi connectivity index (χ0) is 55.2. The summed E-state index contributed by atoms with van der Waals surface area (Å²) in [7, 11) is 0. The van der Waals surface area contributed by atoms with Gasteiger partial charge in [0.15, 0.2) is 0 Å². The third-order valence-corrected chi connectivity index (χ3v) is 12.4. The molecule has 18 N–H and O–H groups in total. The van der Waals surface area contributed by atoms with Gasteiger partial charge < -0.3 is 75.9 Å². The molecule has 0 aliphatic carbocycles. The molecular formula is C51H89N13O10. The fraction of sp³-hybridized carbons (Fsp3) is 0.706. The van der Waals surface area contributed by atoms with Gasteiger partial charge in [0, 0.05) is 13.0 Å². The number of rotatable bonds is 25. The Morgan fingerprint density at radius 3 is 1.55 bits per heavy atom. The van der Waals surface area contributed by atoms with Crippen molar-refractivity contribution >= 4 is 53.2 Å². The zero-order valence-corrected chi connectivity index (χ0v) is 44.3. The Morgan fingerprint density at radius 1 is 0.595 bits per heavy atom. The molecule has 9 amide bonds. The second-order valence-corrected chi connectivity index (χ2v) is 19.9. The van der Waals surface area contributed by atoms with Crippen molar-refractivity contribution in [1.29, 1.82) is 0 Å². The van der Waals surface area contributed by atoms with Gasteiger partial charge in [0.25, 0.3) is 0 Å². The van der Waals surface area contributed by atoms with Gasteiger partial charge in [-0.15, -0.1) is 0 Å². The van der Waals surface area contributed by atoms with Crippen LogP contribution in [0.3, 0.4) is 0 Å². The molecule has 0 radical (unpaired) electrons. The van der Waals surface area contributed by atoms with Crippen LogP contribution >= 0.6 is 0 Å². The molecule has 9 unspecified atom stereocenters. The first kappa shape index (κ1) is 64.4. The number of aliphatic hydroxyl groups excluding tert-OH is 1. The number of aliphatic hydroxyl groups is 1. The molecule has 0 bridgehead atoms. The number of unbranched alkanes of at least 4 members (excludes halogenated alkanes) is 4. The lowest BCUT2D eigenvalue weighted by molar-refractivity contribution is -0.136. The van der Waals surface area contributed by atoms with E-state index in [1.165, 1.54) is 0 Å². The molecule has 0 aromatic heterocycles. The van der Waals surface area contributed by atoms with Crippen LogP contribution in [0.5, 0.6) is 0 Å². The van der Waals surface area contributed by atoms with Crippen molar-refractivity contribution in [2.24, 2.45) is 34.8 Å². The smallest absolute Gasteiger partial charge is 0.243 e. The van der Waals surface area contributed by atoms with Gasteiger partial charge in [-0.1, -0.05) is 97.1 Å². The van der Waals surface area contributed by atoms with Crippen LogP contribution < -0.4 is 70.8 Å². The maximum atomic E-state index is 14.4. The molecule has 1 heterocycles. The van der Waals surface area contributed by atoms with Crippen LogP contribution in [0.25, 0.3) is 0 Å². The van der Waals surface area contributed by atoms with Crippen LogP contribution in [0, 0.1) is 11.8 Å². The summed E-state index contributed by atoms with van der Waals surface area (Å²) in [6.07, 6.45) is 3.59. The number of hydrogen-bond acceptors (Lipinski definition) is 14. The average molecular weight is 1040 g/mol. The Hall–Kier alpha value is -5.75. The lowest BCUT2D eigenvalue weighted by atomic mass is 10.00. The number of carbonyl (C=O) groups is 9. The summed E-state index contributed by atoms with van der Waals surface area (Å²) in [5, 5.41) is 34.7. The lowest BCUT2D eigenvalue weighted by Crippen LogP contribution is -2.61. The highest BCUT2D eigenvalue weighted by atomic mass is 16.3. The van der Waals surface area contributed by atoms with Crippen LogP contribution in [0.4, 0.5) is 0 Å². The van der Waals surface area contributed by atoms with Gasteiger partial charge in [0.05, 0.1) is 12.5 Å². The largest absolute Gasteiger partial charge is 0.393 e. The number of benzene rings is 1. The number of amides is 9. The Balaban J connectivity index is 2.68. The summed E-state index contributed by atoms with van der Waals surface area (Å²) >= 11 is 0. The van der Waals surface area contributed by atoms with Crippen molar-refractivity contribution in [2.75, 3.05) is 32.7 Å². The molecule has 1 fully saturated rings. The van der Waals surface area contributed by atoms with E-state index in [4.69, 9.17) is 22.9 Å². The van der Waals surface area contributed by atoms with E-state index in [2.05, 4.69) is 54.8 Å². The third-order valence-electron chi connectivity index (χ3n) is 12.4. The summed E-state index contributed by atoms with van der Waals surface area (Å²) in [5.41, 5.74) is 24.2. The Bertz CT molecular complexity index is 1930. The van der Waals surface area contributed by atoms with Crippen molar-refractivity contribution in [3.05, 3.63) is 35.9 Å². The summed E-state index contributed by atoms with van der Waals surface area (Å²) < 4.78 is 0. The van der Waals surface area contributed by atoms with Gasteiger partial charge in [-0.05, 0) is 94.9 Å². The molecular weight excluding hydrogens is 955 g/mol. The number of carbonyl (C=O) groups excluding carboxylic acids is 9. The van der Waals surface area contributed by atoms with Gasteiger partial charge in [-0.25, -0.2) is 0 Å². The quantitative estimate of drug-likeness (QED) is 0.0482. The van der Waals surface area contributed by atoms with E-state index >= 15 is 0 Å². The van der Waals surface area contributed by atoms with E-state index in [1.54, 1.807) is 30.3 Å². The lowest BCUT2D eigenvalue weighted by Gasteiger charge is -2.28. The Labute approximate surface area is 436 Å². The van der Waals surface area contributed by atoms with Gasteiger partial charge >= 0.3 is 0 Å². The van der Waals surface area contributed by atoms with Crippen LogP contribution in [0.15, 0.2) is 30.3 Å². The van der Waals surface area contributed by atoms with E-state index < -0.39 is 108 Å². The summed E-state index contributed by atoms with van der Waals surface area (Å²) in [6.45, 7) is 8.90. The SMILES string of the molecule is CCCCCCCC(O)CC(=O)NC(CCN)C(=O)NC1CCNC(=O)C(CC(C)C)NC(=O)C(CCN)NC(=O)C(CCN)NC(=O)C(CC(C)C)NC(=O)C(Cc2ccccc2)NC(=O)C(CCN)NC1=O. The number of hydrogen-bond donors (Lipinski definition) is 14. The summed E-state index contributed by atoms with van der Waals surface area (Å²) in [6, 6.07) is -1.57. The minimum atomic E-state index is -1.47. The molecule has 74 heavy (non-hydrogen) atoms. The molecule has 23 nitrogen and oxygen atoms in total. The highest BCUT2D eigenvalue weighted by Gasteiger charge is 2.35. The summed E-state index contributed by atoms with van der Waals surface area (Å²) in [5.74, 6) is -7.07. The van der Waals surface area contributed by atoms with Crippen LogP contribution in [-0.2, 0) is 49.6 Å². The summed E-state index contributed by atoms with van der Waals surface area (Å²) in [4.78, 5) is 126. The van der Waals surface area contributed by atoms with Gasteiger partial charge in [-0.2, -0.15) is 0 Å². The molecule has 1 aromatic rings. The first-order valence-electron chi connectivity index (χ1n) is 26.5. The molecule has 0 saturated carbocycles. The van der Waals surface area contributed by atoms with Crippen molar-refractivity contribution < 1.29 is 48.3 Å². The fourth-order valence-corrected chi connectivity index (χ4v) is 8.40. The molecule has 23 heteroatoms. The minimum Gasteiger partial charge on any atom is -0.393 e. The topological polar surface area (TPSA) is 386 Å².